The fraction of sp³-hybridized carbons (Fsp3) is 0.440. The normalized spacial score (nSPS) is 15.3. The third-order valence-electron chi connectivity index (χ3n) is 5.83. The molecule has 0 radical (unpaired) electrons. The van der Waals surface area contributed by atoms with Crippen LogP contribution in [0.3, 0.4) is 0 Å². The van der Waals surface area contributed by atoms with Gasteiger partial charge in [-0.3, -0.25) is 9.59 Å². The lowest BCUT2D eigenvalue weighted by Crippen LogP contribution is -2.50. The van der Waals surface area contributed by atoms with E-state index in [9.17, 15) is 9.59 Å². The van der Waals surface area contributed by atoms with Crippen LogP contribution in [0.15, 0.2) is 54.6 Å². The summed E-state index contributed by atoms with van der Waals surface area (Å²) >= 11 is 0. The van der Waals surface area contributed by atoms with Gasteiger partial charge in [0.15, 0.2) is 0 Å². The first kappa shape index (κ1) is 21.9. The Balaban J connectivity index is 1.72. The lowest BCUT2D eigenvalue weighted by Gasteiger charge is -2.31. The van der Waals surface area contributed by atoms with Crippen LogP contribution in [-0.2, 0) is 22.6 Å². The van der Waals surface area contributed by atoms with Crippen molar-refractivity contribution in [2.75, 3.05) is 7.11 Å². The lowest BCUT2D eigenvalue weighted by atomic mass is 9.95. The van der Waals surface area contributed by atoms with Crippen molar-refractivity contribution >= 4 is 11.8 Å². The zero-order valence-electron chi connectivity index (χ0n) is 18.0. The van der Waals surface area contributed by atoms with Crippen LogP contribution in [0.4, 0.5) is 0 Å². The molecule has 1 aliphatic rings. The standard InChI is InChI=1S/C25H32N2O3/c1-19(25(29)26-22-11-7-4-8-12-22)27(18-21-9-5-3-6-10-21)24(28)17-20-13-15-23(30-2)16-14-20/h3,5-6,9-10,13-16,19,22H,4,7-8,11-12,17-18H2,1-2H3,(H,26,29)/t19-/m1/s1. The van der Waals surface area contributed by atoms with E-state index in [-0.39, 0.29) is 24.3 Å². The molecule has 0 unspecified atom stereocenters. The van der Waals surface area contributed by atoms with Gasteiger partial charge in [-0.2, -0.15) is 0 Å². The third-order valence-corrected chi connectivity index (χ3v) is 5.83. The van der Waals surface area contributed by atoms with Gasteiger partial charge in [0.1, 0.15) is 11.8 Å². The summed E-state index contributed by atoms with van der Waals surface area (Å²) in [4.78, 5) is 27.9. The van der Waals surface area contributed by atoms with Crippen molar-refractivity contribution in [2.45, 2.75) is 64.1 Å². The van der Waals surface area contributed by atoms with Gasteiger partial charge in [0.2, 0.25) is 11.8 Å². The van der Waals surface area contributed by atoms with Gasteiger partial charge >= 0.3 is 0 Å². The number of hydrogen-bond donors (Lipinski definition) is 1. The Bertz CT molecular complexity index is 814. The maximum atomic E-state index is 13.2. The molecule has 3 rings (SSSR count). The Kier molecular flexibility index (Phi) is 7.89. The highest BCUT2D eigenvalue weighted by Gasteiger charge is 2.28. The summed E-state index contributed by atoms with van der Waals surface area (Å²) in [5.41, 5.74) is 1.91. The number of ether oxygens (including phenoxy) is 1. The van der Waals surface area contributed by atoms with Gasteiger partial charge in [-0.15, -0.1) is 0 Å². The van der Waals surface area contributed by atoms with Gasteiger partial charge in [-0.25, -0.2) is 0 Å². The fourth-order valence-electron chi connectivity index (χ4n) is 3.95. The molecule has 1 N–H and O–H groups in total. The Morgan fingerprint density at radius 1 is 1.00 bits per heavy atom. The quantitative estimate of drug-likeness (QED) is 0.715. The number of nitrogens with one attached hydrogen (secondary N) is 1. The van der Waals surface area contributed by atoms with Crippen molar-refractivity contribution < 1.29 is 14.3 Å². The monoisotopic (exact) mass is 408 g/mol. The number of hydrogen-bond acceptors (Lipinski definition) is 3. The number of methoxy groups -OCH3 is 1. The molecule has 5 heteroatoms. The lowest BCUT2D eigenvalue weighted by molar-refractivity contribution is -0.140. The van der Waals surface area contributed by atoms with E-state index in [0.717, 1.165) is 42.6 Å². The molecular weight excluding hydrogens is 376 g/mol. The predicted octanol–water partition coefficient (Wildman–Crippen LogP) is 4.10. The van der Waals surface area contributed by atoms with Crippen LogP contribution in [0, 0.1) is 0 Å². The molecular formula is C25H32N2O3. The van der Waals surface area contributed by atoms with E-state index in [2.05, 4.69) is 5.32 Å². The molecule has 0 spiro atoms. The molecule has 0 bridgehead atoms. The zero-order valence-corrected chi connectivity index (χ0v) is 18.0. The number of carbonyl (C=O) groups is 2. The minimum absolute atomic E-state index is 0.0599. The maximum Gasteiger partial charge on any atom is 0.242 e. The van der Waals surface area contributed by atoms with Gasteiger partial charge < -0.3 is 15.0 Å². The molecule has 0 aromatic heterocycles. The van der Waals surface area contributed by atoms with E-state index >= 15 is 0 Å². The minimum atomic E-state index is -0.530. The van der Waals surface area contributed by atoms with Crippen molar-refractivity contribution in [1.82, 2.24) is 10.2 Å². The molecule has 2 aromatic rings. The molecule has 2 amide bonds. The van der Waals surface area contributed by atoms with Crippen LogP contribution in [0.2, 0.25) is 0 Å². The van der Waals surface area contributed by atoms with Gasteiger partial charge in [-0.05, 0) is 43.0 Å². The zero-order chi connectivity index (χ0) is 21.3. The topological polar surface area (TPSA) is 58.6 Å². The predicted molar refractivity (Wildman–Crippen MR) is 118 cm³/mol. The maximum absolute atomic E-state index is 13.2. The fourth-order valence-corrected chi connectivity index (χ4v) is 3.95. The second kappa shape index (κ2) is 10.8. The Labute approximate surface area is 179 Å². The molecule has 30 heavy (non-hydrogen) atoms. The van der Waals surface area contributed by atoms with Crippen molar-refractivity contribution in [3.63, 3.8) is 0 Å². The number of amides is 2. The van der Waals surface area contributed by atoms with E-state index in [1.165, 1.54) is 6.42 Å². The second-order valence-electron chi connectivity index (χ2n) is 8.05. The largest absolute Gasteiger partial charge is 0.497 e. The summed E-state index contributed by atoms with van der Waals surface area (Å²) in [6.07, 6.45) is 5.85. The van der Waals surface area contributed by atoms with Crippen LogP contribution < -0.4 is 10.1 Å². The van der Waals surface area contributed by atoms with E-state index in [1.807, 2.05) is 61.5 Å². The minimum Gasteiger partial charge on any atom is -0.497 e. The summed E-state index contributed by atoms with van der Waals surface area (Å²) in [6, 6.07) is 17.0. The molecule has 5 nitrogen and oxygen atoms in total. The molecule has 0 heterocycles. The first-order chi connectivity index (χ1) is 14.6. The summed E-state index contributed by atoms with van der Waals surface area (Å²) < 4.78 is 5.19. The third kappa shape index (κ3) is 6.09. The van der Waals surface area contributed by atoms with Crippen LogP contribution in [0.25, 0.3) is 0 Å². The van der Waals surface area contributed by atoms with Gasteiger partial charge in [0.05, 0.1) is 13.5 Å². The Hall–Kier alpha value is -2.82. The average Bonchev–Trinajstić information content (AvgIpc) is 2.79. The van der Waals surface area contributed by atoms with E-state index in [4.69, 9.17) is 4.74 Å². The van der Waals surface area contributed by atoms with Gasteiger partial charge in [0.25, 0.3) is 0 Å². The van der Waals surface area contributed by atoms with E-state index in [1.54, 1.807) is 12.0 Å². The van der Waals surface area contributed by atoms with Crippen LogP contribution in [0.5, 0.6) is 5.75 Å². The summed E-state index contributed by atoms with van der Waals surface area (Å²) in [5.74, 6) is 0.629. The summed E-state index contributed by atoms with van der Waals surface area (Å²) in [6.45, 7) is 2.24. The first-order valence-electron chi connectivity index (χ1n) is 10.8. The highest BCUT2D eigenvalue weighted by Crippen LogP contribution is 2.19. The molecule has 1 fully saturated rings. The SMILES string of the molecule is COc1ccc(CC(=O)N(Cc2ccccc2)[C@H](C)C(=O)NC2CCCCC2)cc1. The van der Waals surface area contributed by atoms with Crippen LogP contribution in [0.1, 0.15) is 50.2 Å². The average molecular weight is 409 g/mol. The first-order valence-corrected chi connectivity index (χ1v) is 10.8. The molecule has 1 saturated carbocycles. The van der Waals surface area contributed by atoms with E-state index < -0.39 is 6.04 Å². The van der Waals surface area contributed by atoms with Crippen LogP contribution in [-0.4, -0.2) is 35.9 Å². The molecule has 160 valence electrons. The Morgan fingerprint density at radius 3 is 2.30 bits per heavy atom. The smallest absolute Gasteiger partial charge is 0.242 e. The summed E-state index contributed by atoms with van der Waals surface area (Å²) in [7, 11) is 1.62. The number of nitrogens with zero attached hydrogens (tertiary/aromatic N) is 1. The Morgan fingerprint density at radius 2 is 1.67 bits per heavy atom. The molecule has 0 saturated heterocycles. The van der Waals surface area contributed by atoms with Gasteiger partial charge in [-0.1, -0.05) is 61.7 Å². The van der Waals surface area contributed by atoms with Gasteiger partial charge in [0, 0.05) is 12.6 Å². The highest BCUT2D eigenvalue weighted by molar-refractivity contribution is 5.88. The highest BCUT2D eigenvalue weighted by atomic mass is 16.5. The molecule has 2 aromatic carbocycles. The number of rotatable bonds is 8. The van der Waals surface area contributed by atoms with Crippen molar-refractivity contribution in [3.05, 3.63) is 65.7 Å². The van der Waals surface area contributed by atoms with Crippen molar-refractivity contribution in [1.29, 1.82) is 0 Å². The summed E-state index contributed by atoms with van der Waals surface area (Å²) in [5, 5.41) is 3.17. The van der Waals surface area contributed by atoms with Crippen molar-refractivity contribution in [3.8, 4) is 5.75 Å². The molecule has 1 atom stereocenters. The van der Waals surface area contributed by atoms with Crippen LogP contribution >= 0.6 is 0 Å². The van der Waals surface area contributed by atoms with Crippen molar-refractivity contribution in [2.24, 2.45) is 0 Å². The number of benzene rings is 2. The molecule has 1 aliphatic carbocycles. The van der Waals surface area contributed by atoms with E-state index in [0.29, 0.717) is 6.54 Å². The molecule has 0 aliphatic heterocycles. The number of carbonyl (C=O) groups excluding carboxylic acids is 2. The second-order valence-corrected chi connectivity index (χ2v) is 8.05.